The molecule has 13 heavy (non-hydrogen) atoms. The molecule has 0 bridgehead atoms. The van der Waals surface area contributed by atoms with Crippen LogP contribution in [0.15, 0.2) is 0 Å². The van der Waals surface area contributed by atoms with Crippen LogP contribution < -0.4 is 0 Å². The van der Waals surface area contributed by atoms with E-state index in [1.165, 1.54) is 0 Å². The van der Waals surface area contributed by atoms with Crippen molar-refractivity contribution < 1.29 is 14.6 Å². The minimum absolute atomic E-state index is 0.313. The first kappa shape index (κ1) is 11.2. The molecular weight excluding hydrogens is 172 g/mol. The van der Waals surface area contributed by atoms with Crippen LogP contribution in [0.4, 0.5) is 4.79 Å². The van der Waals surface area contributed by atoms with Gasteiger partial charge in [-0.25, -0.2) is 4.79 Å². The lowest BCUT2D eigenvalue weighted by molar-refractivity contribution is 0.0720. The molecule has 0 radical (unpaired) electrons. The van der Waals surface area contributed by atoms with E-state index in [0.29, 0.717) is 12.8 Å². The molecule has 5 nitrogen and oxygen atoms in total. The number of rotatable bonds is 4. The third-order valence-electron chi connectivity index (χ3n) is 1.55. The zero-order valence-electron chi connectivity index (χ0n) is 7.28. The summed E-state index contributed by atoms with van der Waals surface area (Å²) < 4.78 is 4.21. The molecule has 0 saturated heterocycles. The van der Waals surface area contributed by atoms with Gasteiger partial charge in [0.1, 0.15) is 6.61 Å². The second-order valence-electron chi connectivity index (χ2n) is 2.61. The van der Waals surface area contributed by atoms with Crippen LogP contribution in [-0.2, 0) is 4.74 Å². The Morgan fingerprint density at radius 2 is 2.08 bits per heavy atom. The van der Waals surface area contributed by atoms with Gasteiger partial charge >= 0.3 is 6.16 Å². The van der Waals surface area contributed by atoms with Crippen molar-refractivity contribution in [3.05, 3.63) is 0 Å². The maximum absolute atomic E-state index is 10.0. The van der Waals surface area contributed by atoms with Crippen LogP contribution in [0, 0.1) is 28.1 Å². The summed E-state index contributed by atoms with van der Waals surface area (Å²) in [5.74, 6) is 0. The molecule has 1 N–H and O–H groups in total. The normalized spacial score (nSPS) is 9.77. The van der Waals surface area contributed by atoms with E-state index in [4.69, 9.17) is 15.6 Å². The largest absolute Gasteiger partial charge is 0.505 e. The molecule has 0 amide bonds. The van der Waals surface area contributed by atoms with Gasteiger partial charge in [-0.15, -0.1) is 0 Å². The number of nitriles is 2. The Bertz CT molecular complexity index is 248. The van der Waals surface area contributed by atoms with Crippen LogP contribution in [0.1, 0.15) is 19.8 Å². The maximum Gasteiger partial charge on any atom is 0.505 e. The first-order chi connectivity index (χ1) is 6.10. The van der Waals surface area contributed by atoms with Crippen LogP contribution in [0.25, 0.3) is 0 Å². The molecule has 0 atom stereocenters. The van der Waals surface area contributed by atoms with Crippen molar-refractivity contribution in [2.24, 2.45) is 5.41 Å². The number of nitrogens with zero attached hydrogens (tertiary/aromatic N) is 2. The number of hydrogen-bond acceptors (Lipinski definition) is 4. The van der Waals surface area contributed by atoms with Gasteiger partial charge in [-0.05, 0) is 6.42 Å². The molecule has 0 aliphatic carbocycles. The topological polar surface area (TPSA) is 94.1 Å². The van der Waals surface area contributed by atoms with Gasteiger partial charge in [-0.1, -0.05) is 13.3 Å². The summed E-state index contributed by atoms with van der Waals surface area (Å²) in [6.45, 7) is 1.42. The van der Waals surface area contributed by atoms with Crippen molar-refractivity contribution in [3.8, 4) is 12.1 Å². The Hall–Kier alpha value is -1.75. The summed E-state index contributed by atoms with van der Waals surface area (Å²) in [6.07, 6.45) is -0.525. The van der Waals surface area contributed by atoms with Crippen molar-refractivity contribution in [2.75, 3.05) is 6.61 Å². The monoisotopic (exact) mass is 182 g/mol. The Kier molecular flexibility index (Phi) is 4.32. The third kappa shape index (κ3) is 3.44. The second-order valence-corrected chi connectivity index (χ2v) is 2.61. The zero-order valence-corrected chi connectivity index (χ0v) is 7.28. The van der Waals surface area contributed by atoms with Crippen molar-refractivity contribution in [2.45, 2.75) is 19.8 Å². The molecule has 70 valence electrons. The Balaban J connectivity index is 4.35. The predicted octanol–water partition coefficient (Wildman–Crippen LogP) is 1.51. The number of carboxylic acid groups (broad SMARTS) is 1. The van der Waals surface area contributed by atoms with E-state index in [1.54, 1.807) is 12.1 Å². The predicted molar refractivity (Wildman–Crippen MR) is 42.5 cm³/mol. The summed E-state index contributed by atoms with van der Waals surface area (Å²) in [6, 6.07) is 3.54. The van der Waals surface area contributed by atoms with Crippen molar-refractivity contribution in [3.63, 3.8) is 0 Å². The van der Waals surface area contributed by atoms with Gasteiger partial charge in [0.05, 0.1) is 12.1 Å². The highest BCUT2D eigenvalue weighted by molar-refractivity contribution is 5.57. The van der Waals surface area contributed by atoms with Crippen molar-refractivity contribution in [1.29, 1.82) is 10.5 Å². The van der Waals surface area contributed by atoms with E-state index in [0.717, 1.165) is 0 Å². The summed E-state index contributed by atoms with van der Waals surface area (Å²) in [5.41, 5.74) is -1.33. The van der Waals surface area contributed by atoms with E-state index >= 15 is 0 Å². The molecule has 0 aliphatic rings. The Morgan fingerprint density at radius 3 is 2.38 bits per heavy atom. The molecule has 0 rings (SSSR count). The first-order valence-corrected chi connectivity index (χ1v) is 3.78. The van der Waals surface area contributed by atoms with Crippen LogP contribution in [-0.4, -0.2) is 17.9 Å². The van der Waals surface area contributed by atoms with E-state index in [2.05, 4.69) is 4.74 Å². The lowest BCUT2D eigenvalue weighted by atomic mass is 9.88. The standard InChI is InChI=1S/C8H10N2O3/c1-2-3-8(4-9,5-10)6-13-7(11)12/h2-3,6H2,1H3,(H,11,12). The highest BCUT2D eigenvalue weighted by atomic mass is 16.7. The molecule has 0 aromatic carbocycles. The van der Waals surface area contributed by atoms with Crippen LogP contribution in [0.5, 0.6) is 0 Å². The molecule has 0 saturated carbocycles. The van der Waals surface area contributed by atoms with Gasteiger partial charge in [0.15, 0.2) is 5.41 Å². The Labute approximate surface area is 76.1 Å². The fraction of sp³-hybridized carbons (Fsp3) is 0.625. The van der Waals surface area contributed by atoms with Crippen LogP contribution in [0.3, 0.4) is 0 Å². The zero-order chi connectivity index (χ0) is 10.3. The summed E-state index contributed by atoms with van der Waals surface area (Å²) in [5, 5.41) is 25.5. The SMILES string of the molecule is CCCC(C#N)(C#N)COC(=O)O. The summed E-state index contributed by atoms with van der Waals surface area (Å²) in [4.78, 5) is 10.0. The molecule has 0 aromatic rings. The number of hydrogen-bond donors (Lipinski definition) is 1. The van der Waals surface area contributed by atoms with Crippen molar-refractivity contribution >= 4 is 6.16 Å². The van der Waals surface area contributed by atoms with Crippen molar-refractivity contribution in [1.82, 2.24) is 0 Å². The van der Waals surface area contributed by atoms with Crippen LogP contribution in [0.2, 0.25) is 0 Å². The van der Waals surface area contributed by atoms with E-state index in [1.807, 2.05) is 6.92 Å². The highest BCUT2D eigenvalue weighted by Crippen LogP contribution is 2.22. The minimum atomic E-state index is -1.47. The quantitative estimate of drug-likeness (QED) is 0.665. The van der Waals surface area contributed by atoms with Gasteiger partial charge in [-0.3, -0.25) is 0 Å². The molecule has 0 fully saturated rings. The Morgan fingerprint density at radius 1 is 1.54 bits per heavy atom. The summed E-state index contributed by atoms with van der Waals surface area (Å²) >= 11 is 0. The highest BCUT2D eigenvalue weighted by Gasteiger charge is 2.31. The molecule has 5 heteroatoms. The van der Waals surface area contributed by atoms with Gasteiger partial charge in [0, 0.05) is 0 Å². The van der Waals surface area contributed by atoms with Gasteiger partial charge < -0.3 is 9.84 Å². The number of carbonyl (C=O) groups is 1. The lowest BCUT2D eigenvalue weighted by Gasteiger charge is -2.15. The smallest absolute Gasteiger partial charge is 0.450 e. The van der Waals surface area contributed by atoms with E-state index in [9.17, 15) is 4.79 Å². The molecule has 0 aliphatic heterocycles. The fourth-order valence-corrected chi connectivity index (χ4v) is 0.885. The molecule has 0 spiro atoms. The second kappa shape index (κ2) is 5.00. The van der Waals surface area contributed by atoms with E-state index in [-0.39, 0.29) is 6.61 Å². The van der Waals surface area contributed by atoms with Crippen LogP contribution >= 0.6 is 0 Å². The lowest BCUT2D eigenvalue weighted by Crippen LogP contribution is -2.24. The van der Waals surface area contributed by atoms with Gasteiger partial charge in [0.25, 0.3) is 0 Å². The maximum atomic E-state index is 10.0. The third-order valence-corrected chi connectivity index (χ3v) is 1.55. The number of ether oxygens (including phenoxy) is 1. The first-order valence-electron chi connectivity index (χ1n) is 3.78. The average molecular weight is 182 g/mol. The fourth-order valence-electron chi connectivity index (χ4n) is 0.885. The minimum Gasteiger partial charge on any atom is -0.450 e. The average Bonchev–Trinajstić information content (AvgIpc) is 2.12. The molecular formula is C8H10N2O3. The van der Waals surface area contributed by atoms with Gasteiger partial charge in [0.2, 0.25) is 0 Å². The molecule has 0 heterocycles. The molecule has 0 aromatic heterocycles. The molecule has 0 unspecified atom stereocenters. The van der Waals surface area contributed by atoms with E-state index < -0.39 is 11.6 Å². The summed E-state index contributed by atoms with van der Waals surface area (Å²) in [7, 11) is 0. The van der Waals surface area contributed by atoms with Gasteiger partial charge in [-0.2, -0.15) is 10.5 Å².